The topological polar surface area (TPSA) is 35.5 Å². The highest BCUT2D eigenvalue weighted by molar-refractivity contribution is 5.60. The van der Waals surface area contributed by atoms with Gasteiger partial charge in [0.05, 0.1) is 6.61 Å². The van der Waals surface area contributed by atoms with E-state index in [9.17, 15) is 0 Å². The Bertz CT molecular complexity index is 394. The number of benzene rings is 1. The van der Waals surface area contributed by atoms with Gasteiger partial charge in [0, 0.05) is 31.4 Å². The highest BCUT2D eigenvalue weighted by atomic mass is 16.3. The fourth-order valence-corrected chi connectivity index (χ4v) is 3.07. The van der Waals surface area contributed by atoms with E-state index in [1.54, 1.807) is 0 Å². The van der Waals surface area contributed by atoms with Gasteiger partial charge in [0.25, 0.3) is 0 Å². The molecule has 0 aromatic heterocycles. The zero-order chi connectivity index (χ0) is 13.1. The second-order valence-electron chi connectivity index (χ2n) is 5.36. The van der Waals surface area contributed by atoms with E-state index < -0.39 is 0 Å². The van der Waals surface area contributed by atoms with Crippen LogP contribution in [0, 0.1) is 20.8 Å². The molecule has 100 valence electrons. The first-order valence-electron chi connectivity index (χ1n) is 6.79. The third-order valence-corrected chi connectivity index (χ3v) is 3.68. The Kier molecular flexibility index (Phi) is 4.25. The van der Waals surface area contributed by atoms with Crippen molar-refractivity contribution in [1.82, 2.24) is 5.32 Å². The highest BCUT2D eigenvalue weighted by Gasteiger charge is 2.24. The lowest BCUT2D eigenvalue weighted by Crippen LogP contribution is -2.34. The molecular formula is C15H24N2O. The smallest absolute Gasteiger partial charge is 0.0556 e. The van der Waals surface area contributed by atoms with E-state index in [4.69, 9.17) is 5.11 Å². The zero-order valence-electron chi connectivity index (χ0n) is 11.7. The molecule has 1 aromatic rings. The molecule has 1 atom stereocenters. The Morgan fingerprint density at radius 3 is 2.56 bits per heavy atom. The molecule has 1 aliphatic rings. The molecule has 3 heteroatoms. The van der Waals surface area contributed by atoms with Gasteiger partial charge in [-0.05, 0) is 38.3 Å². The fraction of sp³-hybridized carbons (Fsp3) is 0.600. The fourth-order valence-electron chi connectivity index (χ4n) is 3.07. The summed E-state index contributed by atoms with van der Waals surface area (Å²) in [6.07, 6.45) is 1.16. The molecule has 1 fully saturated rings. The van der Waals surface area contributed by atoms with E-state index in [0.29, 0.717) is 12.6 Å². The van der Waals surface area contributed by atoms with Gasteiger partial charge in [0.2, 0.25) is 0 Å². The van der Waals surface area contributed by atoms with Crippen LogP contribution in [0.15, 0.2) is 12.1 Å². The normalized spacial score (nSPS) is 19.6. The van der Waals surface area contributed by atoms with Crippen LogP contribution >= 0.6 is 0 Å². The van der Waals surface area contributed by atoms with Crippen LogP contribution in [0.4, 0.5) is 5.69 Å². The second-order valence-corrected chi connectivity index (χ2v) is 5.36. The van der Waals surface area contributed by atoms with E-state index in [0.717, 1.165) is 19.5 Å². The summed E-state index contributed by atoms with van der Waals surface area (Å²) in [5, 5.41) is 12.2. The predicted molar refractivity (Wildman–Crippen MR) is 76.4 cm³/mol. The average molecular weight is 248 g/mol. The summed E-state index contributed by atoms with van der Waals surface area (Å²) in [6.45, 7) is 9.62. The Balaban J connectivity index is 2.09. The van der Waals surface area contributed by atoms with Crippen molar-refractivity contribution >= 4 is 5.69 Å². The highest BCUT2D eigenvalue weighted by Crippen LogP contribution is 2.29. The molecule has 2 N–H and O–H groups in total. The monoisotopic (exact) mass is 248 g/mol. The van der Waals surface area contributed by atoms with Crippen LogP contribution in [0.2, 0.25) is 0 Å². The lowest BCUT2D eigenvalue weighted by atomic mass is 10.0. The quantitative estimate of drug-likeness (QED) is 0.852. The molecule has 18 heavy (non-hydrogen) atoms. The van der Waals surface area contributed by atoms with Crippen LogP contribution < -0.4 is 10.2 Å². The maximum Gasteiger partial charge on any atom is 0.0556 e. The van der Waals surface area contributed by atoms with Gasteiger partial charge in [-0.1, -0.05) is 17.7 Å². The number of rotatable bonds is 4. The summed E-state index contributed by atoms with van der Waals surface area (Å²) in [7, 11) is 0. The number of anilines is 1. The van der Waals surface area contributed by atoms with Crippen molar-refractivity contribution in [3.63, 3.8) is 0 Å². The van der Waals surface area contributed by atoms with Crippen molar-refractivity contribution in [3.8, 4) is 0 Å². The van der Waals surface area contributed by atoms with Crippen LogP contribution in [0.25, 0.3) is 0 Å². The first-order valence-corrected chi connectivity index (χ1v) is 6.79. The van der Waals surface area contributed by atoms with E-state index in [1.165, 1.54) is 22.4 Å². The van der Waals surface area contributed by atoms with Gasteiger partial charge >= 0.3 is 0 Å². The summed E-state index contributed by atoms with van der Waals surface area (Å²) in [5.74, 6) is 0. The molecule has 0 spiro atoms. The number of aryl methyl sites for hydroxylation is 3. The lowest BCUT2D eigenvalue weighted by Gasteiger charge is -2.24. The molecule has 3 nitrogen and oxygen atoms in total. The first-order chi connectivity index (χ1) is 8.61. The van der Waals surface area contributed by atoms with Gasteiger partial charge in [-0.25, -0.2) is 0 Å². The van der Waals surface area contributed by atoms with Crippen LogP contribution in [0.1, 0.15) is 23.1 Å². The maximum atomic E-state index is 8.85. The number of hydrogen-bond acceptors (Lipinski definition) is 3. The Morgan fingerprint density at radius 1 is 1.28 bits per heavy atom. The molecule has 0 amide bonds. The van der Waals surface area contributed by atoms with E-state index in [1.807, 2.05) is 0 Å². The zero-order valence-corrected chi connectivity index (χ0v) is 11.7. The molecule has 0 aliphatic carbocycles. The number of hydrogen-bond donors (Lipinski definition) is 2. The summed E-state index contributed by atoms with van der Waals surface area (Å²) in [5.41, 5.74) is 5.47. The van der Waals surface area contributed by atoms with Gasteiger partial charge in [-0.2, -0.15) is 0 Å². The van der Waals surface area contributed by atoms with Gasteiger partial charge in [0.1, 0.15) is 0 Å². The molecule has 1 heterocycles. The van der Waals surface area contributed by atoms with E-state index in [2.05, 4.69) is 43.1 Å². The van der Waals surface area contributed by atoms with Gasteiger partial charge < -0.3 is 15.3 Å². The number of aliphatic hydroxyl groups excluding tert-OH is 1. The first kappa shape index (κ1) is 13.4. The number of nitrogens with zero attached hydrogens (tertiary/aromatic N) is 1. The maximum absolute atomic E-state index is 8.85. The van der Waals surface area contributed by atoms with Gasteiger partial charge in [-0.3, -0.25) is 0 Å². The summed E-state index contributed by atoms with van der Waals surface area (Å²) in [4.78, 5) is 2.47. The Morgan fingerprint density at radius 2 is 1.94 bits per heavy atom. The minimum absolute atomic E-state index is 0.221. The Labute approximate surface area is 110 Å². The molecular weight excluding hydrogens is 224 g/mol. The van der Waals surface area contributed by atoms with Crippen LogP contribution in [0.5, 0.6) is 0 Å². The second kappa shape index (κ2) is 5.72. The van der Waals surface area contributed by atoms with Crippen LogP contribution in [-0.2, 0) is 0 Å². The molecule has 1 saturated heterocycles. The molecule has 1 aliphatic heterocycles. The number of aliphatic hydroxyl groups is 1. The third kappa shape index (κ3) is 2.85. The van der Waals surface area contributed by atoms with Crippen molar-refractivity contribution in [1.29, 1.82) is 0 Å². The van der Waals surface area contributed by atoms with Crippen molar-refractivity contribution in [3.05, 3.63) is 28.8 Å². The van der Waals surface area contributed by atoms with Gasteiger partial charge in [0.15, 0.2) is 0 Å². The lowest BCUT2D eigenvalue weighted by molar-refractivity contribution is 0.286. The summed E-state index contributed by atoms with van der Waals surface area (Å²) < 4.78 is 0. The van der Waals surface area contributed by atoms with Crippen molar-refractivity contribution in [2.75, 3.05) is 31.1 Å². The van der Waals surface area contributed by atoms with Crippen molar-refractivity contribution in [2.45, 2.75) is 33.2 Å². The Hall–Kier alpha value is -1.06. The minimum Gasteiger partial charge on any atom is -0.395 e. The summed E-state index contributed by atoms with van der Waals surface area (Å²) >= 11 is 0. The average Bonchev–Trinajstić information content (AvgIpc) is 2.73. The summed E-state index contributed by atoms with van der Waals surface area (Å²) in [6, 6.07) is 5.03. The standard InChI is InChI=1S/C15H24N2O/c1-11-8-12(2)15(13(3)9-11)17-6-4-14(10-17)16-5-7-18/h8-9,14,16,18H,4-7,10H2,1-3H3. The van der Waals surface area contributed by atoms with E-state index >= 15 is 0 Å². The molecule has 0 saturated carbocycles. The molecule has 1 unspecified atom stereocenters. The largest absolute Gasteiger partial charge is 0.395 e. The molecule has 0 radical (unpaired) electrons. The van der Waals surface area contributed by atoms with Crippen molar-refractivity contribution in [2.24, 2.45) is 0 Å². The third-order valence-electron chi connectivity index (χ3n) is 3.68. The molecule has 0 bridgehead atoms. The van der Waals surface area contributed by atoms with Crippen LogP contribution in [-0.4, -0.2) is 37.4 Å². The minimum atomic E-state index is 0.221. The van der Waals surface area contributed by atoms with Crippen molar-refractivity contribution < 1.29 is 5.11 Å². The van der Waals surface area contributed by atoms with Crippen LogP contribution in [0.3, 0.4) is 0 Å². The van der Waals surface area contributed by atoms with Gasteiger partial charge in [-0.15, -0.1) is 0 Å². The van der Waals surface area contributed by atoms with E-state index in [-0.39, 0.29) is 6.61 Å². The number of nitrogens with one attached hydrogen (secondary N) is 1. The molecule has 1 aromatic carbocycles. The predicted octanol–water partition coefficient (Wildman–Crippen LogP) is 1.77. The SMILES string of the molecule is Cc1cc(C)c(N2CCC(NCCO)C2)c(C)c1. The molecule has 2 rings (SSSR count).